The lowest BCUT2D eigenvalue weighted by molar-refractivity contribution is -0.116. The molecule has 2 heterocycles. The second kappa shape index (κ2) is 9.09. The van der Waals surface area contributed by atoms with Gasteiger partial charge in [0.25, 0.3) is 0 Å². The number of carbonyl (C=O) groups excluding carboxylic acids is 2. The zero-order valence-corrected chi connectivity index (χ0v) is 18.2. The van der Waals surface area contributed by atoms with Gasteiger partial charge in [0.15, 0.2) is 0 Å². The van der Waals surface area contributed by atoms with Gasteiger partial charge in [-0.1, -0.05) is 28.1 Å². The summed E-state index contributed by atoms with van der Waals surface area (Å²) in [4.78, 5) is 24.7. The van der Waals surface area contributed by atoms with E-state index in [1.54, 1.807) is 34.5 Å². The number of rotatable bonds is 7. The van der Waals surface area contributed by atoms with Crippen LogP contribution in [0.25, 0.3) is 0 Å². The molecule has 29 heavy (non-hydrogen) atoms. The number of nitrogens with one attached hydrogen (secondary N) is 1. The number of amides is 1. The minimum absolute atomic E-state index is 0.0978. The minimum Gasteiger partial charge on any atom is -0.462 e. The first-order valence-electron chi connectivity index (χ1n) is 9.29. The summed E-state index contributed by atoms with van der Waals surface area (Å²) in [6.07, 6.45) is 1.65. The molecule has 0 atom stereocenters. The van der Waals surface area contributed by atoms with Crippen LogP contribution in [0.1, 0.15) is 34.2 Å². The summed E-state index contributed by atoms with van der Waals surface area (Å²) in [5.41, 5.74) is 3.09. The van der Waals surface area contributed by atoms with Crippen molar-refractivity contribution in [2.45, 2.75) is 33.9 Å². The van der Waals surface area contributed by atoms with Gasteiger partial charge in [-0.15, -0.1) is 0 Å². The van der Waals surface area contributed by atoms with Crippen LogP contribution in [0.2, 0.25) is 0 Å². The summed E-state index contributed by atoms with van der Waals surface area (Å²) in [7, 11) is 0. The Morgan fingerprint density at radius 3 is 2.59 bits per heavy atom. The lowest BCUT2D eigenvalue weighted by Crippen LogP contribution is -2.22. The normalized spacial score (nSPS) is 10.8. The molecule has 0 bridgehead atoms. The van der Waals surface area contributed by atoms with Crippen LogP contribution in [0.3, 0.4) is 0 Å². The molecule has 1 amide bonds. The number of nitrogens with zero attached hydrogens (tertiary/aromatic N) is 3. The second-order valence-electron chi connectivity index (χ2n) is 6.64. The number of aromatic nitrogens is 3. The molecule has 0 spiro atoms. The summed E-state index contributed by atoms with van der Waals surface area (Å²) in [5.74, 6) is 0.0468. The van der Waals surface area contributed by atoms with E-state index in [9.17, 15) is 9.59 Å². The van der Waals surface area contributed by atoms with E-state index in [-0.39, 0.29) is 18.4 Å². The largest absolute Gasteiger partial charge is 0.462 e. The van der Waals surface area contributed by atoms with Crippen molar-refractivity contribution in [1.29, 1.82) is 0 Å². The number of ether oxygens (including phenoxy) is 1. The lowest BCUT2D eigenvalue weighted by Gasteiger charge is -2.12. The number of halogens is 1. The Morgan fingerprint density at radius 2 is 1.90 bits per heavy atom. The number of hydrogen-bond acceptors (Lipinski definition) is 4. The van der Waals surface area contributed by atoms with E-state index in [1.807, 2.05) is 38.1 Å². The molecule has 152 valence electrons. The first kappa shape index (κ1) is 20.9. The van der Waals surface area contributed by atoms with E-state index >= 15 is 0 Å². The van der Waals surface area contributed by atoms with Gasteiger partial charge in [-0.3, -0.25) is 4.79 Å². The number of anilines is 1. The summed E-state index contributed by atoms with van der Waals surface area (Å²) in [5, 5.41) is 7.20. The van der Waals surface area contributed by atoms with Crippen LogP contribution >= 0.6 is 15.9 Å². The SMILES string of the molecule is CCOC(=O)c1cc(C)n(CC(=O)Nc2ccnn2Cc2ccc(Br)cc2)c1C. The molecule has 1 aromatic carbocycles. The van der Waals surface area contributed by atoms with Crippen molar-refractivity contribution in [2.24, 2.45) is 0 Å². The summed E-state index contributed by atoms with van der Waals surface area (Å²) >= 11 is 3.42. The minimum atomic E-state index is -0.375. The number of benzene rings is 1. The Morgan fingerprint density at radius 1 is 1.17 bits per heavy atom. The maximum absolute atomic E-state index is 12.6. The third kappa shape index (κ3) is 4.95. The average molecular weight is 459 g/mol. The lowest BCUT2D eigenvalue weighted by atomic mass is 10.2. The van der Waals surface area contributed by atoms with Crippen LogP contribution in [0, 0.1) is 13.8 Å². The molecule has 0 aliphatic heterocycles. The Bertz CT molecular complexity index is 1020. The van der Waals surface area contributed by atoms with E-state index in [0.29, 0.717) is 30.2 Å². The fourth-order valence-electron chi connectivity index (χ4n) is 3.11. The Hall–Kier alpha value is -2.87. The van der Waals surface area contributed by atoms with Gasteiger partial charge in [0, 0.05) is 21.9 Å². The molecule has 7 nitrogen and oxygen atoms in total. The van der Waals surface area contributed by atoms with Gasteiger partial charge in [0.1, 0.15) is 12.4 Å². The molecule has 8 heteroatoms. The van der Waals surface area contributed by atoms with Gasteiger partial charge < -0.3 is 14.6 Å². The van der Waals surface area contributed by atoms with Crippen molar-refractivity contribution in [3.8, 4) is 0 Å². The Kier molecular flexibility index (Phi) is 6.53. The Balaban J connectivity index is 1.70. The smallest absolute Gasteiger partial charge is 0.339 e. The van der Waals surface area contributed by atoms with Gasteiger partial charge in [-0.05, 0) is 44.5 Å². The van der Waals surface area contributed by atoms with Crippen LogP contribution in [0.5, 0.6) is 0 Å². The van der Waals surface area contributed by atoms with Gasteiger partial charge in [0.05, 0.1) is 24.9 Å². The summed E-state index contributed by atoms with van der Waals surface area (Å²) < 4.78 is 9.63. The molecule has 0 fully saturated rings. The topological polar surface area (TPSA) is 78.2 Å². The number of esters is 1. The number of carbonyl (C=O) groups is 2. The number of hydrogen-bond donors (Lipinski definition) is 1. The summed E-state index contributed by atoms with van der Waals surface area (Å²) in [6.45, 7) is 6.39. The fourth-order valence-corrected chi connectivity index (χ4v) is 3.38. The molecule has 1 N–H and O–H groups in total. The molecule has 2 aromatic heterocycles. The predicted molar refractivity (Wildman–Crippen MR) is 114 cm³/mol. The van der Waals surface area contributed by atoms with Crippen LogP contribution in [0.15, 0.2) is 47.1 Å². The van der Waals surface area contributed by atoms with Gasteiger partial charge in [0.2, 0.25) is 5.91 Å². The van der Waals surface area contributed by atoms with Crippen molar-refractivity contribution < 1.29 is 14.3 Å². The fraction of sp³-hybridized carbons (Fsp3) is 0.286. The Labute approximate surface area is 177 Å². The van der Waals surface area contributed by atoms with Crippen LogP contribution < -0.4 is 5.32 Å². The van der Waals surface area contributed by atoms with Gasteiger partial charge in [-0.25, -0.2) is 9.48 Å². The predicted octanol–water partition coefficient (Wildman–Crippen LogP) is 3.93. The first-order valence-corrected chi connectivity index (χ1v) is 10.1. The molecule has 0 aliphatic rings. The molecule has 0 radical (unpaired) electrons. The van der Waals surface area contributed by atoms with E-state index in [4.69, 9.17) is 4.74 Å². The maximum atomic E-state index is 12.6. The first-order chi connectivity index (χ1) is 13.9. The monoisotopic (exact) mass is 458 g/mol. The molecule has 3 rings (SSSR count). The van der Waals surface area contributed by atoms with Crippen molar-refractivity contribution >= 4 is 33.6 Å². The van der Waals surface area contributed by atoms with E-state index in [1.165, 1.54) is 0 Å². The molecule has 0 saturated carbocycles. The van der Waals surface area contributed by atoms with Crippen LogP contribution in [-0.2, 0) is 22.6 Å². The second-order valence-corrected chi connectivity index (χ2v) is 7.56. The van der Waals surface area contributed by atoms with Crippen molar-refractivity contribution in [1.82, 2.24) is 14.3 Å². The van der Waals surface area contributed by atoms with Crippen LogP contribution in [-0.4, -0.2) is 32.8 Å². The van der Waals surface area contributed by atoms with Gasteiger partial charge >= 0.3 is 5.97 Å². The highest BCUT2D eigenvalue weighted by atomic mass is 79.9. The third-order valence-corrected chi connectivity index (χ3v) is 5.13. The highest BCUT2D eigenvalue weighted by Crippen LogP contribution is 2.17. The zero-order chi connectivity index (χ0) is 21.0. The quantitative estimate of drug-likeness (QED) is 0.544. The highest BCUT2D eigenvalue weighted by molar-refractivity contribution is 9.10. The summed E-state index contributed by atoms with van der Waals surface area (Å²) in [6, 6.07) is 11.4. The highest BCUT2D eigenvalue weighted by Gasteiger charge is 2.18. The van der Waals surface area contributed by atoms with Crippen molar-refractivity contribution in [3.63, 3.8) is 0 Å². The standard InChI is InChI=1S/C21H23BrN4O3/c1-4-29-21(28)18-11-14(2)25(15(18)3)13-20(27)24-19-9-10-23-26(19)12-16-5-7-17(22)8-6-16/h5-11H,4,12-13H2,1-3H3,(H,24,27). The molecule has 0 saturated heterocycles. The zero-order valence-electron chi connectivity index (χ0n) is 16.6. The van der Waals surface area contributed by atoms with Gasteiger partial charge in [-0.2, -0.15) is 5.10 Å². The van der Waals surface area contributed by atoms with E-state index in [0.717, 1.165) is 15.7 Å². The van der Waals surface area contributed by atoms with Crippen LogP contribution in [0.4, 0.5) is 5.82 Å². The number of aryl methyl sites for hydroxylation is 1. The van der Waals surface area contributed by atoms with E-state index < -0.39 is 0 Å². The van der Waals surface area contributed by atoms with E-state index in [2.05, 4.69) is 26.3 Å². The van der Waals surface area contributed by atoms with Crippen molar-refractivity contribution in [2.75, 3.05) is 11.9 Å². The molecule has 0 unspecified atom stereocenters. The molecular weight excluding hydrogens is 436 g/mol. The van der Waals surface area contributed by atoms with Crippen molar-refractivity contribution in [3.05, 3.63) is 69.6 Å². The average Bonchev–Trinajstić information content (AvgIpc) is 3.22. The maximum Gasteiger partial charge on any atom is 0.339 e. The molecule has 0 aliphatic carbocycles. The molecular formula is C21H23BrN4O3. The third-order valence-electron chi connectivity index (χ3n) is 4.60. The molecule has 3 aromatic rings.